The summed E-state index contributed by atoms with van der Waals surface area (Å²) in [7, 11) is -3.91. The van der Waals surface area contributed by atoms with Crippen molar-refractivity contribution in [2.24, 2.45) is 11.5 Å². The molecule has 4 aromatic rings. The van der Waals surface area contributed by atoms with Gasteiger partial charge in [-0.05, 0) is 53.6 Å². The molecule has 1 aromatic heterocycles. The minimum atomic E-state index is -4.96. The van der Waals surface area contributed by atoms with E-state index in [0.717, 1.165) is 16.6 Å². The molecule has 0 saturated heterocycles. The van der Waals surface area contributed by atoms with E-state index in [-0.39, 0.29) is 11.4 Å². The number of amides is 2. The maximum absolute atomic E-state index is 12.9. The quantitative estimate of drug-likeness (QED) is 0.263. The van der Waals surface area contributed by atoms with Gasteiger partial charge in [0.15, 0.2) is 0 Å². The molecule has 0 fully saturated rings. The predicted octanol–water partition coefficient (Wildman–Crippen LogP) is 3.91. The zero-order valence-corrected chi connectivity index (χ0v) is 23.5. The van der Waals surface area contributed by atoms with Gasteiger partial charge in [0.1, 0.15) is 23.7 Å². The van der Waals surface area contributed by atoms with Crippen molar-refractivity contribution in [1.82, 2.24) is 4.57 Å². The van der Waals surface area contributed by atoms with E-state index in [1.54, 1.807) is 44.2 Å². The van der Waals surface area contributed by atoms with Crippen LogP contribution >= 0.6 is 0 Å². The first-order valence-corrected chi connectivity index (χ1v) is 14.1. The molecule has 14 heteroatoms. The Balaban J connectivity index is 1.89. The van der Waals surface area contributed by atoms with Gasteiger partial charge in [0, 0.05) is 22.6 Å². The van der Waals surface area contributed by atoms with Gasteiger partial charge in [0.05, 0.1) is 17.5 Å². The number of rotatable bonds is 9. The number of halogens is 3. The molecule has 10 nitrogen and oxygen atoms in total. The average molecular weight is 605 g/mol. The minimum Gasteiger partial charge on any atom is -0.508 e. The number of phenolic OH excluding ortho intramolecular Hbond substituents is 1. The van der Waals surface area contributed by atoms with Gasteiger partial charge >= 0.3 is 6.36 Å². The Hall–Kier alpha value is -4.72. The van der Waals surface area contributed by atoms with Crippen LogP contribution in [0, 0.1) is 0 Å². The number of sulfonamides is 1. The number of carbonyl (C=O) groups is 2. The van der Waals surface area contributed by atoms with Crippen molar-refractivity contribution in [1.29, 1.82) is 0 Å². The van der Waals surface area contributed by atoms with Crippen LogP contribution in [-0.2, 0) is 20.2 Å². The van der Waals surface area contributed by atoms with Gasteiger partial charge in [-0.15, -0.1) is 13.2 Å². The average Bonchev–Trinajstić information content (AvgIpc) is 3.24. The molecule has 222 valence electrons. The molecule has 0 saturated carbocycles. The van der Waals surface area contributed by atoms with Crippen LogP contribution < -0.4 is 20.5 Å². The third-order valence-corrected chi connectivity index (χ3v) is 7.84. The number of nitrogens with two attached hydrogens (primary N) is 2. The second-order valence-corrected chi connectivity index (χ2v) is 12.1. The number of hydrogen-bond acceptors (Lipinski definition) is 6. The molecular weight excluding hydrogens is 577 g/mol. The molecule has 0 radical (unpaired) electrons. The highest BCUT2D eigenvalue weighted by Gasteiger charge is 2.33. The van der Waals surface area contributed by atoms with Gasteiger partial charge in [0.2, 0.25) is 15.9 Å². The van der Waals surface area contributed by atoms with E-state index in [0.29, 0.717) is 27.7 Å². The minimum absolute atomic E-state index is 0.0659. The molecular formula is C28H27F3N4O6S. The van der Waals surface area contributed by atoms with E-state index in [4.69, 9.17) is 11.5 Å². The molecule has 0 spiro atoms. The van der Waals surface area contributed by atoms with Crippen molar-refractivity contribution >= 4 is 38.4 Å². The van der Waals surface area contributed by atoms with E-state index in [1.807, 2.05) is 0 Å². The fourth-order valence-corrected chi connectivity index (χ4v) is 5.54. The third-order valence-electron chi connectivity index (χ3n) is 6.70. The highest BCUT2D eigenvalue weighted by Crippen LogP contribution is 2.38. The lowest BCUT2D eigenvalue weighted by Gasteiger charge is -2.28. The molecule has 0 aliphatic carbocycles. The van der Waals surface area contributed by atoms with Crippen molar-refractivity contribution in [2.75, 3.05) is 17.1 Å². The molecule has 0 aliphatic heterocycles. The van der Waals surface area contributed by atoms with E-state index in [2.05, 4.69) is 4.74 Å². The van der Waals surface area contributed by atoms with Crippen LogP contribution in [0.5, 0.6) is 11.5 Å². The summed E-state index contributed by atoms with van der Waals surface area (Å²) in [6.45, 7) is 2.85. The summed E-state index contributed by atoms with van der Waals surface area (Å²) in [5.41, 5.74) is 11.9. The summed E-state index contributed by atoms with van der Waals surface area (Å²) in [6.07, 6.45) is -4.04. The van der Waals surface area contributed by atoms with Gasteiger partial charge in [-0.3, -0.25) is 13.9 Å². The van der Waals surface area contributed by atoms with E-state index < -0.39 is 51.7 Å². The molecule has 5 N–H and O–H groups in total. The molecule has 1 heterocycles. The number of alkyl halides is 3. The third kappa shape index (κ3) is 6.28. The summed E-state index contributed by atoms with van der Waals surface area (Å²) >= 11 is 0. The van der Waals surface area contributed by atoms with Crippen LogP contribution in [0.1, 0.15) is 35.5 Å². The number of carbonyl (C=O) groups excluding carboxylic acids is 2. The van der Waals surface area contributed by atoms with Gasteiger partial charge in [-0.25, -0.2) is 8.42 Å². The summed E-state index contributed by atoms with van der Waals surface area (Å²) in [5, 5.41) is 10.7. The molecule has 0 bridgehead atoms. The Bertz CT molecular complexity index is 1820. The second kappa shape index (κ2) is 10.6. The maximum atomic E-state index is 12.9. The van der Waals surface area contributed by atoms with Crippen LogP contribution in [0.3, 0.4) is 0 Å². The maximum Gasteiger partial charge on any atom is 0.573 e. The van der Waals surface area contributed by atoms with Crippen molar-refractivity contribution in [3.05, 3.63) is 83.6 Å². The number of ether oxygens (including phenoxy) is 1. The normalized spacial score (nSPS) is 12.3. The molecule has 0 unspecified atom stereocenters. The molecule has 2 amide bonds. The molecule has 42 heavy (non-hydrogen) atoms. The van der Waals surface area contributed by atoms with E-state index >= 15 is 0 Å². The van der Waals surface area contributed by atoms with Gasteiger partial charge < -0.3 is 25.9 Å². The van der Waals surface area contributed by atoms with Crippen LogP contribution in [-0.4, -0.2) is 49.1 Å². The van der Waals surface area contributed by atoms with Crippen molar-refractivity contribution < 1.29 is 41.0 Å². The van der Waals surface area contributed by atoms with Crippen LogP contribution in [0.15, 0.2) is 66.7 Å². The molecule has 4 rings (SSSR count). The number of nitrogens with zero attached hydrogens (tertiary/aromatic N) is 2. The topological polar surface area (TPSA) is 158 Å². The Morgan fingerprint density at radius 1 is 0.976 bits per heavy atom. The number of phenols is 1. The first-order chi connectivity index (χ1) is 19.4. The van der Waals surface area contributed by atoms with Crippen molar-refractivity contribution in [2.45, 2.75) is 25.6 Å². The lowest BCUT2D eigenvalue weighted by atomic mass is 9.78. The lowest BCUT2D eigenvalue weighted by Crippen LogP contribution is -2.37. The first-order valence-electron chi connectivity index (χ1n) is 12.3. The monoisotopic (exact) mass is 604 g/mol. The van der Waals surface area contributed by atoms with Gasteiger partial charge in [-0.2, -0.15) is 0 Å². The predicted molar refractivity (Wildman–Crippen MR) is 150 cm³/mol. The van der Waals surface area contributed by atoms with Crippen LogP contribution in [0.2, 0.25) is 0 Å². The smallest absolute Gasteiger partial charge is 0.508 e. The number of primary amides is 2. The summed E-state index contributed by atoms with van der Waals surface area (Å²) in [6, 6.07) is 16.1. The van der Waals surface area contributed by atoms with Crippen molar-refractivity contribution in [3.8, 4) is 17.2 Å². The number of anilines is 1. The first kappa shape index (κ1) is 30.2. The Kier molecular flexibility index (Phi) is 7.63. The Labute approximate surface area is 238 Å². The fraction of sp³-hybridized carbons (Fsp3) is 0.214. The van der Waals surface area contributed by atoms with Crippen LogP contribution in [0.25, 0.3) is 16.6 Å². The van der Waals surface area contributed by atoms with Gasteiger partial charge in [-0.1, -0.05) is 32.0 Å². The second-order valence-electron chi connectivity index (χ2n) is 10.1. The Morgan fingerprint density at radius 2 is 1.67 bits per heavy atom. The zero-order valence-electron chi connectivity index (χ0n) is 22.6. The molecule has 3 aromatic carbocycles. The summed E-state index contributed by atoms with van der Waals surface area (Å²) in [4.78, 5) is 24.1. The van der Waals surface area contributed by atoms with Gasteiger partial charge in [0.25, 0.3) is 5.91 Å². The number of aromatic hydroxyl groups is 1. The molecule has 0 atom stereocenters. The number of benzene rings is 3. The summed E-state index contributed by atoms with van der Waals surface area (Å²) in [5.74, 6) is -2.67. The highest BCUT2D eigenvalue weighted by atomic mass is 32.2. The van der Waals surface area contributed by atoms with Crippen LogP contribution in [0.4, 0.5) is 18.9 Å². The largest absolute Gasteiger partial charge is 0.573 e. The standard InChI is InChI=1S/C28H27F3N4O6S/c1-27(2,18-11-21(36)14-22(12-18)41-28(29,30)31)17-5-4-6-20(10-17)35-23-13-19(34(15-25(32)37)42(3,39)40)8-7-16(23)9-24(35)26(33)38/h4-14,36H,15H2,1-3H3,(H2,32,37)(H2,33,38). The SMILES string of the molecule is CC(C)(c1cc(O)cc(OC(F)(F)F)c1)c1cccc(-n2c(C(N)=O)cc3ccc(N(CC(N)=O)S(C)(=O)=O)cc32)c1. The van der Waals surface area contributed by atoms with E-state index in [9.17, 15) is 36.3 Å². The zero-order chi connectivity index (χ0) is 31.2. The number of aromatic nitrogens is 1. The number of fused-ring (bicyclic) bond motifs is 1. The highest BCUT2D eigenvalue weighted by molar-refractivity contribution is 7.92. The number of hydrogen-bond donors (Lipinski definition) is 3. The molecule has 0 aliphatic rings. The van der Waals surface area contributed by atoms with E-state index in [1.165, 1.54) is 34.9 Å². The lowest BCUT2D eigenvalue weighted by molar-refractivity contribution is -0.274. The van der Waals surface area contributed by atoms with Crippen molar-refractivity contribution in [3.63, 3.8) is 0 Å². The summed E-state index contributed by atoms with van der Waals surface area (Å²) < 4.78 is 69.8. The Morgan fingerprint density at radius 3 is 2.26 bits per heavy atom. The fourth-order valence-electron chi connectivity index (χ4n) is 4.68.